The average molecular weight is 201 g/mol. The lowest BCUT2D eigenvalue weighted by atomic mass is 10.2. The van der Waals surface area contributed by atoms with Gasteiger partial charge in [0, 0.05) is 0 Å². The fraction of sp³-hybridized carbons (Fsp3) is 0.500. The van der Waals surface area contributed by atoms with Crippen LogP contribution in [0.5, 0.6) is 0 Å². The summed E-state index contributed by atoms with van der Waals surface area (Å²) in [6, 6.07) is 0. The summed E-state index contributed by atoms with van der Waals surface area (Å²) in [4.78, 5) is 23.4. The molecule has 0 aromatic rings. The van der Waals surface area contributed by atoms with Crippen LogP contribution in [-0.4, -0.2) is 39.8 Å². The number of carboxylic acids is 1. The fourth-order valence-corrected chi connectivity index (χ4v) is 4.03. The second-order valence-electron chi connectivity index (χ2n) is 3.72. The second kappa shape index (κ2) is 2.29. The lowest BCUT2D eigenvalue weighted by Crippen LogP contribution is -2.50. The third-order valence-electron chi connectivity index (χ3n) is 2.50. The van der Waals surface area contributed by atoms with E-state index in [1.54, 1.807) is 5.41 Å². The first kappa shape index (κ1) is 8.62. The van der Waals surface area contributed by atoms with E-state index in [0.717, 1.165) is 0 Å². The van der Waals surface area contributed by atoms with E-state index in [2.05, 4.69) is 0 Å². The number of aliphatic carboxylic acids is 1. The Kier molecular flexibility index (Phi) is 1.52. The van der Waals surface area contributed by atoms with Gasteiger partial charge in [-0.05, 0) is 17.9 Å². The van der Waals surface area contributed by atoms with Gasteiger partial charge < -0.3 is 5.11 Å². The number of rotatable bonds is 1. The Balaban J connectivity index is 2.38. The predicted molar refractivity (Wildman–Crippen MR) is 50.4 cm³/mol. The van der Waals surface area contributed by atoms with Crippen molar-refractivity contribution in [1.29, 1.82) is 0 Å². The van der Waals surface area contributed by atoms with Crippen molar-refractivity contribution in [3.05, 3.63) is 11.1 Å². The van der Waals surface area contributed by atoms with E-state index >= 15 is 0 Å². The van der Waals surface area contributed by atoms with Crippen LogP contribution in [-0.2, 0) is 9.59 Å². The van der Waals surface area contributed by atoms with Gasteiger partial charge in [0.15, 0.2) is 0 Å². The molecule has 2 aliphatic rings. The molecule has 1 N–H and O–H groups in total. The van der Waals surface area contributed by atoms with Crippen LogP contribution in [0.15, 0.2) is 11.1 Å². The van der Waals surface area contributed by atoms with Crippen LogP contribution in [0.1, 0.15) is 6.42 Å². The molecule has 1 atom stereocenters. The molecule has 5 heteroatoms. The van der Waals surface area contributed by atoms with Crippen molar-refractivity contribution in [3.63, 3.8) is 0 Å². The first-order valence-electron chi connectivity index (χ1n) is 3.93. The van der Waals surface area contributed by atoms with Gasteiger partial charge in [0.1, 0.15) is 5.70 Å². The van der Waals surface area contributed by atoms with Crippen LogP contribution in [0.25, 0.3) is 0 Å². The van der Waals surface area contributed by atoms with Crippen LogP contribution in [0.3, 0.4) is 0 Å². The molecule has 0 radical (unpaired) electrons. The molecule has 2 heterocycles. The number of hydrogen-bond acceptors (Lipinski definition) is 2. The Bertz CT molecular complexity index is 334. The summed E-state index contributed by atoms with van der Waals surface area (Å²) in [6.07, 6.45) is 4.58. The monoisotopic (exact) mass is 201 g/mol. The van der Waals surface area contributed by atoms with Crippen LogP contribution in [0.4, 0.5) is 0 Å². The lowest BCUT2D eigenvalue weighted by Gasteiger charge is -2.43. The topological polar surface area (TPSA) is 57.6 Å². The molecule has 72 valence electrons. The number of fused-ring (bicyclic) bond motifs is 1. The molecule has 0 aromatic carbocycles. The molecule has 1 amide bonds. The number of carbonyl (C=O) groups excluding carboxylic acids is 1. The van der Waals surface area contributed by atoms with Gasteiger partial charge >= 0.3 is 5.97 Å². The van der Waals surface area contributed by atoms with Crippen molar-refractivity contribution in [3.8, 4) is 0 Å². The van der Waals surface area contributed by atoms with Gasteiger partial charge in [0.2, 0.25) is 5.91 Å². The molecule has 0 unspecified atom stereocenters. The molecule has 1 fully saturated rings. The molecular weight excluding hydrogens is 190 g/mol. The Morgan fingerprint density at radius 1 is 1.69 bits per heavy atom. The molecule has 0 bridgehead atoms. The summed E-state index contributed by atoms with van der Waals surface area (Å²) in [5.74, 6) is -1.05. The quantitative estimate of drug-likeness (QED) is 0.630. The largest absolute Gasteiger partial charge is 0.477 e. The highest BCUT2D eigenvalue weighted by atomic mass is 32.3. The van der Waals surface area contributed by atoms with Gasteiger partial charge in [-0.25, -0.2) is 14.8 Å². The third-order valence-corrected chi connectivity index (χ3v) is 5.11. The van der Waals surface area contributed by atoms with E-state index in [1.807, 2.05) is 12.5 Å². The van der Waals surface area contributed by atoms with E-state index in [-0.39, 0.29) is 17.0 Å². The predicted octanol–water partition coefficient (Wildman–Crippen LogP) is 0.549. The Morgan fingerprint density at radius 2 is 2.31 bits per heavy atom. The first-order chi connectivity index (χ1) is 5.93. The average Bonchev–Trinajstić information content (AvgIpc) is 2.18. The smallest absolute Gasteiger partial charge is 0.353 e. The van der Waals surface area contributed by atoms with Gasteiger partial charge in [-0.2, -0.15) is 0 Å². The molecule has 13 heavy (non-hydrogen) atoms. The minimum Gasteiger partial charge on any atom is -0.477 e. The SMILES string of the molecule is CS1(C)C=C(C(=O)O)N2C(=O)C[C@H]21. The lowest BCUT2D eigenvalue weighted by molar-refractivity contribution is -0.145. The summed E-state index contributed by atoms with van der Waals surface area (Å²) in [5.41, 5.74) is 0.182. The maximum Gasteiger partial charge on any atom is 0.353 e. The number of β-lactam (4-membered cyclic amide) rings is 1. The van der Waals surface area contributed by atoms with Crippen molar-refractivity contribution in [2.45, 2.75) is 11.8 Å². The fourth-order valence-electron chi connectivity index (χ4n) is 1.74. The minimum absolute atomic E-state index is 0.0586. The zero-order chi connectivity index (χ0) is 9.80. The highest BCUT2D eigenvalue weighted by molar-refractivity contribution is 8.35. The van der Waals surface area contributed by atoms with Gasteiger partial charge in [-0.15, -0.1) is 0 Å². The van der Waals surface area contributed by atoms with Crippen LogP contribution < -0.4 is 0 Å². The van der Waals surface area contributed by atoms with E-state index in [9.17, 15) is 9.59 Å². The minimum atomic E-state index is -1.05. The molecule has 1 saturated heterocycles. The molecule has 0 aliphatic carbocycles. The molecule has 0 spiro atoms. The second-order valence-corrected chi connectivity index (χ2v) is 7.47. The first-order valence-corrected chi connectivity index (χ1v) is 6.50. The van der Waals surface area contributed by atoms with Crippen molar-refractivity contribution in [2.75, 3.05) is 12.5 Å². The van der Waals surface area contributed by atoms with Crippen LogP contribution in [0, 0.1) is 0 Å². The maximum absolute atomic E-state index is 11.1. The highest BCUT2D eigenvalue weighted by Gasteiger charge is 2.50. The summed E-state index contributed by atoms with van der Waals surface area (Å²) in [6.45, 7) is 0. The molecule has 0 aromatic heterocycles. The highest BCUT2D eigenvalue weighted by Crippen LogP contribution is 2.60. The molecule has 2 aliphatic heterocycles. The molecule has 4 nitrogen and oxygen atoms in total. The Labute approximate surface area is 77.5 Å². The Morgan fingerprint density at radius 3 is 2.69 bits per heavy atom. The molecular formula is C8H11NO3S. The summed E-state index contributed by atoms with van der Waals surface area (Å²) >= 11 is 0. The van der Waals surface area contributed by atoms with E-state index in [1.165, 1.54) is 4.90 Å². The number of amides is 1. The van der Waals surface area contributed by atoms with Crippen LogP contribution >= 0.6 is 10.0 Å². The van der Waals surface area contributed by atoms with E-state index in [4.69, 9.17) is 5.11 Å². The van der Waals surface area contributed by atoms with Crippen molar-refractivity contribution < 1.29 is 14.7 Å². The molecule has 0 saturated carbocycles. The zero-order valence-electron chi connectivity index (χ0n) is 7.48. The van der Waals surface area contributed by atoms with Crippen molar-refractivity contribution >= 4 is 21.9 Å². The van der Waals surface area contributed by atoms with Crippen LogP contribution in [0.2, 0.25) is 0 Å². The normalized spacial score (nSPS) is 31.8. The van der Waals surface area contributed by atoms with E-state index in [0.29, 0.717) is 6.42 Å². The van der Waals surface area contributed by atoms with E-state index < -0.39 is 16.0 Å². The summed E-state index contributed by atoms with van der Waals surface area (Å²) in [5, 5.41) is 10.7. The van der Waals surface area contributed by atoms with Gasteiger partial charge in [0.25, 0.3) is 0 Å². The number of hydrogen-bond donors (Lipinski definition) is 1. The number of carbonyl (C=O) groups is 2. The van der Waals surface area contributed by atoms with Crippen molar-refractivity contribution in [2.24, 2.45) is 0 Å². The van der Waals surface area contributed by atoms with Gasteiger partial charge in [-0.1, -0.05) is 0 Å². The Hall–Kier alpha value is -0.970. The van der Waals surface area contributed by atoms with Crippen molar-refractivity contribution in [1.82, 2.24) is 4.90 Å². The zero-order valence-corrected chi connectivity index (χ0v) is 8.30. The summed E-state index contributed by atoms with van der Waals surface area (Å²) in [7, 11) is -1.05. The summed E-state index contributed by atoms with van der Waals surface area (Å²) < 4.78 is 0. The maximum atomic E-state index is 11.1. The third kappa shape index (κ3) is 0.997. The van der Waals surface area contributed by atoms with Gasteiger partial charge in [-0.3, -0.25) is 9.69 Å². The number of carboxylic acid groups (broad SMARTS) is 1. The van der Waals surface area contributed by atoms with Gasteiger partial charge in [0.05, 0.1) is 11.8 Å². The molecule has 2 rings (SSSR count). The standard InChI is InChI=1S/C8H11NO3S/c1-13(2)4-5(8(11)12)9-6(10)3-7(9)13/h4,7H,3H2,1-2H3,(H,11,12)/t7-/m1/s1. The number of nitrogens with zero attached hydrogens (tertiary/aromatic N) is 1.